The molecule has 0 bridgehead atoms. The molecule has 0 saturated heterocycles. The zero-order chi connectivity index (χ0) is 18.0. The third-order valence-corrected chi connectivity index (χ3v) is 5.77. The van der Waals surface area contributed by atoms with Gasteiger partial charge in [0.05, 0.1) is 5.82 Å². The van der Waals surface area contributed by atoms with Gasteiger partial charge in [0.15, 0.2) is 0 Å². The van der Waals surface area contributed by atoms with Gasteiger partial charge in [0.1, 0.15) is 0 Å². The Labute approximate surface area is 152 Å². The molecule has 0 radical (unpaired) electrons. The van der Waals surface area contributed by atoms with E-state index in [4.69, 9.17) is 5.73 Å². The number of hydrogen-bond acceptors (Lipinski definition) is 3. The van der Waals surface area contributed by atoms with Gasteiger partial charge in [-0.3, -0.25) is 0 Å². The van der Waals surface area contributed by atoms with Crippen LogP contribution in [0.1, 0.15) is 50.7 Å². The third kappa shape index (κ3) is 3.92. The number of nitrogens with two attached hydrogens (primary N) is 1. The van der Waals surface area contributed by atoms with Gasteiger partial charge in [-0.25, -0.2) is 0 Å². The minimum atomic E-state index is 0.274. The van der Waals surface area contributed by atoms with Gasteiger partial charge in [-0.1, -0.05) is 43.8 Å². The van der Waals surface area contributed by atoms with E-state index in [9.17, 15) is 0 Å². The van der Waals surface area contributed by atoms with E-state index >= 15 is 0 Å². The van der Waals surface area contributed by atoms with E-state index in [-0.39, 0.29) is 6.04 Å². The second-order valence-corrected chi connectivity index (χ2v) is 7.61. The molecule has 3 heteroatoms. The van der Waals surface area contributed by atoms with E-state index in [0.29, 0.717) is 12.0 Å². The highest BCUT2D eigenvalue weighted by atomic mass is 15.1. The summed E-state index contributed by atoms with van der Waals surface area (Å²) >= 11 is 0. The third-order valence-electron chi connectivity index (χ3n) is 5.77. The molecule has 2 aliphatic carbocycles. The van der Waals surface area contributed by atoms with Crippen molar-refractivity contribution < 1.29 is 0 Å². The van der Waals surface area contributed by atoms with Crippen LogP contribution < -0.4 is 16.4 Å². The Morgan fingerprint density at radius 3 is 2.72 bits per heavy atom. The van der Waals surface area contributed by atoms with Gasteiger partial charge >= 0.3 is 0 Å². The Kier molecular flexibility index (Phi) is 5.22. The summed E-state index contributed by atoms with van der Waals surface area (Å²) in [5.74, 6) is 1.35. The Balaban J connectivity index is 1.57. The fourth-order valence-corrected chi connectivity index (χ4v) is 4.32. The van der Waals surface area contributed by atoms with Crippen LogP contribution in [0.5, 0.6) is 0 Å². The average Bonchev–Trinajstić information content (AvgIpc) is 2.92. The number of hydrogen-bond donors (Lipinski definition) is 3. The molecule has 134 valence electrons. The van der Waals surface area contributed by atoms with Crippen LogP contribution in [-0.4, -0.2) is 12.1 Å². The van der Waals surface area contributed by atoms with Crippen molar-refractivity contribution in [3.63, 3.8) is 0 Å². The predicted molar refractivity (Wildman–Crippen MR) is 107 cm³/mol. The first kappa shape index (κ1) is 17.7. The number of benzene rings is 1. The first-order chi connectivity index (χ1) is 12.0. The largest absolute Gasteiger partial charge is 0.402 e. The van der Waals surface area contributed by atoms with E-state index in [1.54, 1.807) is 0 Å². The fraction of sp³-hybridized carbons (Fsp3) is 0.455. The lowest BCUT2D eigenvalue weighted by molar-refractivity contribution is 0.322. The highest BCUT2D eigenvalue weighted by Gasteiger charge is 2.25. The minimum Gasteiger partial charge on any atom is -0.402 e. The number of allylic oxidation sites excluding steroid dienone is 2. The van der Waals surface area contributed by atoms with Crippen LogP contribution in [0.3, 0.4) is 0 Å². The normalized spacial score (nSPS) is 23.8. The van der Waals surface area contributed by atoms with Crippen molar-refractivity contribution in [1.29, 1.82) is 0 Å². The minimum absolute atomic E-state index is 0.274. The van der Waals surface area contributed by atoms with Crippen molar-refractivity contribution in [3.8, 4) is 0 Å². The molecule has 0 spiro atoms. The van der Waals surface area contributed by atoms with Gasteiger partial charge in [-0.2, -0.15) is 0 Å². The molecule has 3 rings (SSSR count). The molecule has 1 aromatic carbocycles. The maximum Gasteiger partial charge on any atom is 0.0919 e. The van der Waals surface area contributed by atoms with Crippen LogP contribution in [0.15, 0.2) is 54.5 Å². The van der Waals surface area contributed by atoms with Crippen LogP contribution in [-0.2, 0) is 6.42 Å². The SMILES string of the molecule is C=C(NC1CCCC(C(=C)N)C1)NC(C)C1=C(C)c2ccccc2C1. The van der Waals surface area contributed by atoms with Crippen molar-refractivity contribution in [2.45, 2.75) is 58.0 Å². The Morgan fingerprint density at radius 2 is 2.00 bits per heavy atom. The van der Waals surface area contributed by atoms with Crippen LogP contribution in [0.25, 0.3) is 5.57 Å². The lowest BCUT2D eigenvalue weighted by atomic mass is 9.84. The van der Waals surface area contributed by atoms with Crippen molar-refractivity contribution in [1.82, 2.24) is 10.6 Å². The molecular weight excluding hydrogens is 306 g/mol. The van der Waals surface area contributed by atoms with Crippen LogP contribution in [0, 0.1) is 5.92 Å². The summed E-state index contributed by atoms with van der Waals surface area (Å²) in [5.41, 5.74) is 12.4. The fourth-order valence-electron chi connectivity index (χ4n) is 4.32. The topological polar surface area (TPSA) is 50.1 Å². The van der Waals surface area contributed by atoms with E-state index in [2.05, 4.69) is 61.9 Å². The molecule has 1 saturated carbocycles. The molecule has 0 heterocycles. The standard InChI is InChI=1S/C22H31N3/c1-14-21-11-6-5-8-19(21)13-22(14)16(3)24-17(4)25-20-10-7-9-18(12-20)15(2)23/h5-6,8,11,16,18,20,24-25H,2,4,7,9-10,12-13,23H2,1,3H3. The molecule has 0 amide bonds. The number of nitrogens with one attached hydrogen (secondary N) is 2. The molecule has 3 atom stereocenters. The summed E-state index contributed by atoms with van der Waals surface area (Å²) in [4.78, 5) is 0. The summed E-state index contributed by atoms with van der Waals surface area (Å²) in [6, 6.07) is 9.40. The molecule has 3 nitrogen and oxygen atoms in total. The zero-order valence-corrected chi connectivity index (χ0v) is 15.6. The van der Waals surface area contributed by atoms with E-state index in [1.165, 1.54) is 35.1 Å². The molecule has 2 aliphatic rings. The summed E-state index contributed by atoms with van der Waals surface area (Å²) < 4.78 is 0. The summed E-state index contributed by atoms with van der Waals surface area (Å²) in [5, 5.41) is 7.13. The maximum atomic E-state index is 5.91. The molecule has 0 aliphatic heterocycles. The maximum absolute atomic E-state index is 5.91. The van der Waals surface area contributed by atoms with Crippen LogP contribution in [0.2, 0.25) is 0 Å². The quantitative estimate of drug-likeness (QED) is 0.733. The van der Waals surface area contributed by atoms with Gasteiger partial charge in [-0.05, 0) is 67.7 Å². The monoisotopic (exact) mass is 337 g/mol. The number of fused-ring (bicyclic) bond motifs is 1. The predicted octanol–water partition coefficient (Wildman–Crippen LogP) is 4.09. The summed E-state index contributed by atoms with van der Waals surface area (Å²) in [7, 11) is 0. The Bertz CT molecular complexity index is 701. The first-order valence-electron chi connectivity index (χ1n) is 9.40. The van der Waals surface area contributed by atoms with Gasteiger partial charge in [0.2, 0.25) is 0 Å². The van der Waals surface area contributed by atoms with Gasteiger partial charge < -0.3 is 16.4 Å². The van der Waals surface area contributed by atoms with Gasteiger partial charge in [-0.15, -0.1) is 0 Å². The van der Waals surface area contributed by atoms with Gasteiger partial charge in [0, 0.05) is 17.8 Å². The van der Waals surface area contributed by atoms with E-state index in [0.717, 1.165) is 30.8 Å². The summed E-state index contributed by atoms with van der Waals surface area (Å²) in [6.45, 7) is 12.6. The molecule has 3 unspecified atom stereocenters. The lowest BCUT2D eigenvalue weighted by Crippen LogP contribution is -2.41. The molecule has 0 aromatic heterocycles. The highest BCUT2D eigenvalue weighted by Crippen LogP contribution is 2.34. The summed E-state index contributed by atoms with van der Waals surface area (Å²) in [6.07, 6.45) is 5.61. The van der Waals surface area contributed by atoms with Crippen molar-refractivity contribution in [3.05, 3.63) is 65.6 Å². The smallest absolute Gasteiger partial charge is 0.0919 e. The van der Waals surface area contributed by atoms with Crippen LogP contribution >= 0.6 is 0 Å². The lowest BCUT2D eigenvalue weighted by Gasteiger charge is -2.32. The van der Waals surface area contributed by atoms with E-state index < -0.39 is 0 Å². The molecule has 1 aromatic rings. The van der Waals surface area contributed by atoms with Crippen LogP contribution in [0.4, 0.5) is 0 Å². The average molecular weight is 338 g/mol. The van der Waals surface area contributed by atoms with E-state index in [1.807, 2.05) is 0 Å². The van der Waals surface area contributed by atoms with Gasteiger partial charge in [0.25, 0.3) is 0 Å². The molecule has 1 fully saturated rings. The van der Waals surface area contributed by atoms with Crippen molar-refractivity contribution >= 4 is 5.57 Å². The zero-order valence-electron chi connectivity index (χ0n) is 15.6. The van der Waals surface area contributed by atoms with Crippen molar-refractivity contribution in [2.24, 2.45) is 11.7 Å². The van der Waals surface area contributed by atoms with Crippen molar-refractivity contribution in [2.75, 3.05) is 0 Å². The second kappa shape index (κ2) is 7.38. The Morgan fingerprint density at radius 1 is 1.24 bits per heavy atom. The second-order valence-electron chi connectivity index (χ2n) is 7.61. The molecular formula is C22H31N3. The Hall–Kier alpha value is -2.16. The number of rotatable bonds is 6. The highest BCUT2D eigenvalue weighted by molar-refractivity contribution is 5.75. The first-order valence-corrected chi connectivity index (χ1v) is 9.40. The molecule has 25 heavy (non-hydrogen) atoms. The molecule has 4 N–H and O–H groups in total.